The minimum absolute atomic E-state index is 0.0274. The van der Waals surface area contributed by atoms with Crippen LogP contribution in [0.25, 0.3) is 16.9 Å². The lowest BCUT2D eigenvalue weighted by Gasteiger charge is -2.31. The number of rotatable bonds is 11. The predicted molar refractivity (Wildman–Crippen MR) is 150 cm³/mol. The fourth-order valence-corrected chi connectivity index (χ4v) is 5.46. The summed E-state index contributed by atoms with van der Waals surface area (Å²) < 4.78 is 42.7. The number of para-hydroxylation sites is 1. The monoisotopic (exact) mass is 564 g/mol. The molecule has 0 spiro atoms. The van der Waals surface area contributed by atoms with Crippen LogP contribution in [0.4, 0.5) is 14.6 Å². The Labute approximate surface area is 237 Å². The molecule has 0 unspecified atom stereocenters. The molecule has 0 amide bonds. The summed E-state index contributed by atoms with van der Waals surface area (Å²) in [5.41, 5.74) is 1.57. The van der Waals surface area contributed by atoms with Gasteiger partial charge in [0.05, 0.1) is 38.2 Å². The number of aromatic nitrogens is 5. The van der Waals surface area contributed by atoms with E-state index in [1.54, 1.807) is 31.9 Å². The van der Waals surface area contributed by atoms with Gasteiger partial charge in [0.25, 0.3) is 0 Å². The molecule has 4 aromatic rings. The number of methoxy groups -OCH3 is 1. The van der Waals surface area contributed by atoms with Gasteiger partial charge in [0.15, 0.2) is 5.82 Å². The number of anilines is 1. The van der Waals surface area contributed by atoms with Crippen LogP contribution in [0.1, 0.15) is 17.4 Å². The summed E-state index contributed by atoms with van der Waals surface area (Å²) in [5.74, 6) is 0.699. The summed E-state index contributed by atoms with van der Waals surface area (Å²) in [4.78, 5) is 10.9. The minimum atomic E-state index is -1.63. The van der Waals surface area contributed by atoms with Crippen LogP contribution >= 0.6 is 0 Å². The molecule has 0 bridgehead atoms. The second-order valence-corrected chi connectivity index (χ2v) is 10.6. The topological polar surface area (TPSA) is 94.3 Å². The normalized spacial score (nSPS) is 20.3. The maximum atomic E-state index is 14.7. The zero-order chi connectivity index (χ0) is 28.4. The molecule has 12 heteroatoms. The Kier molecular flexibility index (Phi) is 7.80. The summed E-state index contributed by atoms with van der Waals surface area (Å²) in [5, 5.41) is 12.1. The number of halogens is 2. The third-order valence-corrected chi connectivity index (χ3v) is 7.77. The third kappa shape index (κ3) is 5.60. The third-order valence-electron chi connectivity index (χ3n) is 7.77. The van der Waals surface area contributed by atoms with E-state index in [-0.39, 0.29) is 36.9 Å². The van der Waals surface area contributed by atoms with E-state index in [1.165, 1.54) is 6.07 Å². The SMILES string of the molecule is COCCN1C[C@@H](n2ccc(F)c2)[C@H](NCNc2c(C)c(-c3cnc(C4(F)COC4)nc3)nn2-c2ccccc2)C1. The highest BCUT2D eigenvalue weighted by molar-refractivity contribution is 5.69. The minimum Gasteiger partial charge on any atom is -0.383 e. The molecular formula is C29H34F2N8O2. The van der Waals surface area contributed by atoms with Crippen LogP contribution in [-0.4, -0.2) is 88.5 Å². The van der Waals surface area contributed by atoms with Crippen LogP contribution in [0.3, 0.4) is 0 Å². The lowest BCUT2D eigenvalue weighted by molar-refractivity contribution is -0.140. The van der Waals surface area contributed by atoms with Crippen molar-refractivity contribution in [3.05, 3.63) is 78.4 Å². The maximum Gasteiger partial charge on any atom is 0.215 e. The van der Waals surface area contributed by atoms with Crippen LogP contribution in [0, 0.1) is 12.7 Å². The molecule has 2 aliphatic rings. The first-order valence-corrected chi connectivity index (χ1v) is 13.7. The molecule has 3 aromatic heterocycles. The van der Waals surface area contributed by atoms with Gasteiger partial charge in [-0.15, -0.1) is 0 Å². The Hall–Kier alpha value is -3.71. The van der Waals surface area contributed by atoms with Gasteiger partial charge in [0, 0.05) is 68.7 Å². The Balaban J connectivity index is 1.22. The van der Waals surface area contributed by atoms with E-state index >= 15 is 0 Å². The smallest absolute Gasteiger partial charge is 0.215 e. The van der Waals surface area contributed by atoms with Crippen LogP contribution in [0.2, 0.25) is 0 Å². The zero-order valence-corrected chi connectivity index (χ0v) is 23.1. The van der Waals surface area contributed by atoms with Gasteiger partial charge in [-0.25, -0.2) is 23.4 Å². The van der Waals surface area contributed by atoms with Crippen molar-refractivity contribution in [1.82, 2.24) is 34.5 Å². The van der Waals surface area contributed by atoms with Crippen molar-refractivity contribution >= 4 is 5.82 Å². The quantitative estimate of drug-likeness (QED) is 0.268. The van der Waals surface area contributed by atoms with Gasteiger partial charge >= 0.3 is 0 Å². The Bertz CT molecular complexity index is 1460. The second kappa shape index (κ2) is 11.6. The number of likely N-dealkylation sites (tertiary alicyclic amines) is 1. The summed E-state index contributed by atoms with van der Waals surface area (Å²) in [6.45, 7) is 5.44. The molecule has 0 aliphatic carbocycles. The Morgan fingerprint density at radius 3 is 2.56 bits per heavy atom. The first-order chi connectivity index (χ1) is 19.9. The van der Waals surface area contributed by atoms with Gasteiger partial charge in [-0.05, 0) is 25.1 Å². The van der Waals surface area contributed by atoms with E-state index in [1.807, 2.05) is 46.5 Å². The molecule has 2 fully saturated rings. The van der Waals surface area contributed by atoms with Crippen molar-refractivity contribution in [1.29, 1.82) is 0 Å². The average Bonchev–Trinajstić information content (AvgIpc) is 3.68. The molecule has 2 aliphatic heterocycles. The van der Waals surface area contributed by atoms with Gasteiger partial charge in [0.2, 0.25) is 5.67 Å². The molecule has 0 saturated carbocycles. The van der Waals surface area contributed by atoms with Gasteiger partial charge in [-0.3, -0.25) is 10.2 Å². The van der Waals surface area contributed by atoms with Crippen LogP contribution < -0.4 is 10.6 Å². The van der Waals surface area contributed by atoms with E-state index in [2.05, 4.69) is 25.5 Å². The zero-order valence-electron chi connectivity index (χ0n) is 23.1. The lowest BCUT2D eigenvalue weighted by Crippen LogP contribution is -2.43. The van der Waals surface area contributed by atoms with Crippen molar-refractivity contribution in [2.45, 2.75) is 24.7 Å². The molecule has 2 N–H and O–H groups in total. The fraction of sp³-hybridized carbons (Fsp3) is 0.414. The van der Waals surface area contributed by atoms with Crippen molar-refractivity contribution < 1.29 is 18.3 Å². The summed E-state index contributed by atoms with van der Waals surface area (Å²) in [6, 6.07) is 11.5. The van der Waals surface area contributed by atoms with E-state index in [0.717, 1.165) is 36.7 Å². The van der Waals surface area contributed by atoms with E-state index in [9.17, 15) is 8.78 Å². The van der Waals surface area contributed by atoms with Gasteiger partial charge in [-0.2, -0.15) is 5.10 Å². The highest BCUT2D eigenvalue weighted by Gasteiger charge is 2.43. The average molecular weight is 565 g/mol. The molecule has 0 radical (unpaired) electrons. The summed E-state index contributed by atoms with van der Waals surface area (Å²) >= 11 is 0. The first kappa shape index (κ1) is 27.5. The number of nitrogens with one attached hydrogen (secondary N) is 2. The molecule has 2 saturated heterocycles. The first-order valence-electron chi connectivity index (χ1n) is 13.7. The van der Waals surface area contributed by atoms with Crippen molar-refractivity contribution in [3.8, 4) is 16.9 Å². The maximum absolute atomic E-state index is 14.7. The van der Waals surface area contributed by atoms with Crippen LogP contribution in [0.15, 0.2) is 61.2 Å². The summed E-state index contributed by atoms with van der Waals surface area (Å²) in [6.07, 6.45) is 6.56. The standard InChI is InChI=1S/C29H34F2N8O2/c1-20-26(21-12-32-28(33-13-21)29(31)17-41-18-29)36-39(23-6-4-3-5-7-23)27(20)35-19-34-24-15-37(10-11-40-2)16-25(24)38-9-8-22(30)14-38/h3-9,12-14,24-25,34-35H,10-11,15-19H2,1-2H3/t24-,25-/m1/s1. The molecule has 10 nitrogen and oxygen atoms in total. The van der Waals surface area contributed by atoms with E-state index in [4.69, 9.17) is 14.6 Å². The Morgan fingerprint density at radius 2 is 1.90 bits per heavy atom. The van der Waals surface area contributed by atoms with Crippen molar-refractivity contribution in [3.63, 3.8) is 0 Å². The lowest BCUT2D eigenvalue weighted by atomic mass is 10.0. The second-order valence-electron chi connectivity index (χ2n) is 10.6. The number of hydrogen-bond acceptors (Lipinski definition) is 8. The van der Waals surface area contributed by atoms with E-state index < -0.39 is 5.67 Å². The largest absolute Gasteiger partial charge is 0.383 e. The van der Waals surface area contributed by atoms with Crippen molar-refractivity contribution in [2.24, 2.45) is 0 Å². The number of ether oxygens (including phenoxy) is 2. The summed E-state index contributed by atoms with van der Waals surface area (Å²) in [7, 11) is 1.70. The number of nitrogens with zero attached hydrogens (tertiary/aromatic N) is 6. The van der Waals surface area contributed by atoms with E-state index in [0.29, 0.717) is 24.5 Å². The number of alkyl halides is 1. The van der Waals surface area contributed by atoms with Crippen molar-refractivity contribution in [2.75, 3.05) is 58.6 Å². The van der Waals surface area contributed by atoms with Gasteiger partial charge < -0.3 is 19.4 Å². The number of benzene rings is 1. The molecular weight excluding hydrogens is 530 g/mol. The highest BCUT2D eigenvalue weighted by atomic mass is 19.1. The van der Waals surface area contributed by atoms with Crippen LogP contribution in [0.5, 0.6) is 0 Å². The fourth-order valence-electron chi connectivity index (χ4n) is 5.46. The van der Waals surface area contributed by atoms with Crippen LogP contribution in [-0.2, 0) is 15.1 Å². The Morgan fingerprint density at radius 1 is 1.12 bits per heavy atom. The molecule has 2 atom stereocenters. The number of hydrogen-bond donors (Lipinski definition) is 2. The predicted octanol–water partition coefficient (Wildman–Crippen LogP) is 3.30. The van der Waals surface area contributed by atoms with Gasteiger partial charge in [-0.1, -0.05) is 18.2 Å². The molecule has 6 rings (SSSR count). The highest BCUT2D eigenvalue weighted by Crippen LogP contribution is 2.33. The van der Waals surface area contributed by atoms with Gasteiger partial charge in [0.1, 0.15) is 17.3 Å². The molecule has 5 heterocycles. The molecule has 216 valence electrons. The molecule has 41 heavy (non-hydrogen) atoms. The molecule has 1 aromatic carbocycles.